The van der Waals surface area contributed by atoms with Gasteiger partial charge in [-0.15, -0.1) is 11.3 Å². The fraction of sp³-hybridized carbons (Fsp3) is 0.0909. The Morgan fingerprint density at radius 2 is 2.19 bits per heavy atom. The van der Waals surface area contributed by atoms with Gasteiger partial charge in [0.2, 0.25) is 0 Å². The number of anilines is 1. The Kier molecular flexibility index (Phi) is 2.30. The second kappa shape index (κ2) is 3.94. The molecule has 0 atom stereocenters. The van der Waals surface area contributed by atoms with Crippen molar-refractivity contribution in [3.05, 3.63) is 42.2 Å². The molecule has 0 amide bonds. The summed E-state index contributed by atoms with van der Waals surface area (Å²) < 4.78 is 2.07. The van der Waals surface area contributed by atoms with Crippen molar-refractivity contribution in [2.24, 2.45) is 0 Å². The van der Waals surface area contributed by atoms with Crippen molar-refractivity contribution < 1.29 is 0 Å². The molecule has 4 nitrogen and oxygen atoms in total. The van der Waals surface area contributed by atoms with Crippen LogP contribution in [0.2, 0.25) is 0 Å². The third-order valence-electron chi connectivity index (χ3n) is 2.36. The third kappa shape index (κ3) is 1.65. The van der Waals surface area contributed by atoms with Crippen LogP contribution in [0.15, 0.2) is 42.2 Å². The van der Waals surface area contributed by atoms with Gasteiger partial charge < -0.3 is 9.88 Å². The smallest absolute Gasteiger partial charge is 0.183 e. The molecule has 0 unspecified atom stereocenters. The lowest BCUT2D eigenvalue weighted by Gasteiger charge is -2.04. The van der Waals surface area contributed by atoms with E-state index in [9.17, 15) is 0 Å². The van der Waals surface area contributed by atoms with Crippen molar-refractivity contribution in [3.8, 4) is 0 Å². The number of nitrogens with zero attached hydrogens (tertiary/aromatic N) is 3. The van der Waals surface area contributed by atoms with E-state index in [1.165, 1.54) is 0 Å². The zero-order valence-corrected chi connectivity index (χ0v) is 9.31. The zero-order chi connectivity index (χ0) is 10.8. The second-order valence-electron chi connectivity index (χ2n) is 3.38. The van der Waals surface area contributed by atoms with E-state index in [0.29, 0.717) is 6.67 Å². The van der Waals surface area contributed by atoms with Crippen LogP contribution in [0.3, 0.4) is 0 Å². The molecule has 0 aliphatic heterocycles. The van der Waals surface area contributed by atoms with Gasteiger partial charge in [0.1, 0.15) is 0 Å². The van der Waals surface area contributed by atoms with Crippen molar-refractivity contribution in [1.82, 2.24) is 14.5 Å². The highest BCUT2D eigenvalue weighted by atomic mass is 32.1. The molecular weight excluding hydrogens is 220 g/mol. The van der Waals surface area contributed by atoms with Crippen LogP contribution in [0.4, 0.5) is 5.13 Å². The van der Waals surface area contributed by atoms with Crippen LogP contribution < -0.4 is 5.32 Å². The minimum Gasteiger partial charge on any atom is -0.344 e. The van der Waals surface area contributed by atoms with Crippen LogP contribution in [-0.2, 0) is 6.67 Å². The fourth-order valence-corrected chi connectivity index (χ4v) is 2.12. The molecule has 2 heterocycles. The average molecular weight is 230 g/mol. The van der Waals surface area contributed by atoms with Crippen molar-refractivity contribution in [2.75, 3.05) is 5.32 Å². The van der Waals surface area contributed by atoms with Gasteiger partial charge in [-0.1, -0.05) is 12.1 Å². The van der Waals surface area contributed by atoms with Crippen LogP contribution in [0.5, 0.6) is 0 Å². The Labute approximate surface area is 96.6 Å². The Hall–Kier alpha value is -1.88. The summed E-state index contributed by atoms with van der Waals surface area (Å²) in [5.41, 5.74) is 2.15. The molecule has 80 valence electrons. The molecule has 16 heavy (non-hydrogen) atoms. The van der Waals surface area contributed by atoms with E-state index >= 15 is 0 Å². The molecule has 1 N–H and O–H groups in total. The summed E-state index contributed by atoms with van der Waals surface area (Å²) in [4.78, 5) is 8.49. The van der Waals surface area contributed by atoms with Gasteiger partial charge in [0.05, 0.1) is 24.0 Å². The number of aromatic nitrogens is 3. The Morgan fingerprint density at radius 1 is 1.25 bits per heavy atom. The lowest BCUT2D eigenvalue weighted by Crippen LogP contribution is -2.06. The Balaban J connectivity index is 1.84. The van der Waals surface area contributed by atoms with Crippen molar-refractivity contribution in [2.45, 2.75) is 6.67 Å². The van der Waals surface area contributed by atoms with E-state index in [1.807, 2.05) is 29.9 Å². The van der Waals surface area contributed by atoms with E-state index in [2.05, 4.69) is 25.9 Å². The number of hydrogen-bond donors (Lipinski definition) is 1. The minimum atomic E-state index is 0.689. The highest BCUT2D eigenvalue weighted by Gasteiger charge is 2.00. The van der Waals surface area contributed by atoms with E-state index in [4.69, 9.17) is 0 Å². The summed E-state index contributed by atoms with van der Waals surface area (Å²) in [7, 11) is 0. The highest BCUT2D eigenvalue weighted by molar-refractivity contribution is 7.13. The van der Waals surface area contributed by atoms with Crippen molar-refractivity contribution in [3.63, 3.8) is 0 Å². The molecule has 0 saturated carbocycles. The third-order valence-corrected chi connectivity index (χ3v) is 3.09. The lowest BCUT2D eigenvalue weighted by atomic mass is 10.3. The first-order valence-electron chi connectivity index (χ1n) is 4.97. The fourth-order valence-electron chi connectivity index (χ4n) is 1.60. The maximum absolute atomic E-state index is 4.32. The highest BCUT2D eigenvalue weighted by Crippen LogP contribution is 2.14. The number of hydrogen-bond acceptors (Lipinski definition) is 4. The monoisotopic (exact) mass is 230 g/mol. The van der Waals surface area contributed by atoms with Crippen LogP contribution in [0.1, 0.15) is 0 Å². The van der Waals surface area contributed by atoms with Crippen LogP contribution in [0, 0.1) is 0 Å². The van der Waals surface area contributed by atoms with E-state index in [-0.39, 0.29) is 0 Å². The first-order valence-corrected chi connectivity index (χ1v) is 5.85. The Bertz CT molecular complexity index is 585. The van der Waals surface area contributed by atoms with E-state index < -0.39 is 0 Å². The number of benzene rings is 1. The second-order valence-corrected chi connectivity index (χ2v) is 4.27. The molecule has 0 radical (unpaired) electrons. The maximum Gasteiger partial charge on any atom is 0.183 e. The molecule has 0 saturated heterocycles. The number of fused-ring (bicyclic) bond motifs is 1. The normalized spacial score (nSPS) is 10.8. The lowest BCUT2D eigenvalue weighted by molar-refractivity contribution is 0.799. The van der Waals surface area contributed by atoms with Gasteiger partial charge >= 0.3 is 0 Å². The van der Waals surface area contributed by atoms with Gasteiger partial charge in [-0.25, -0.2) is 9.97 Å². The van der Waals surface area contributed by atoms with Gasteiger partial charge in [0.25, 0.3) is 0 Å². The van der Waals surface area contributed by atoms with Crippen molar-refractivity contribution >= 4 is 27.5 Å². The Morgan fingerprint density at radius 3 is 3.06 bits per heavy atom. The summed E-state index contributed by atoms with van der Waals surface area (Å²) in [6.07, 6.45) is 3.63. The van der Waals surface area contributed by atoms with E-state index in [1.54, 1.807) is 17.5 Å². The topological polar surface area (TPSA) is 42.7 Å². The summed E-state index contributed by atoms with van der Waals surface area (Å²) >= 11 is 1.59. The summed E-state index contributed by atoms with van der Waals surface area (Å²) in [5, 5.41) is 6.13. The molecular formula is C11H10N4S. The maximum atomic E-state index is 4.32. The molecule has 0 aliphatic carbocycles. The van der Waals surface area contributed by atoms with Crippen molar-refractivity contribution in [1.29, 1.82) is 0 Å². The zero-order valence-electron chi connectivity index (χ0n) is 8.50. The summed E-state index contributed by atoms with van der Waals surface area (Å²) in [5.74, 6) is 0. The van der Waals surface area contributed by atoms with E-state index in [0.717, 1.165) is 16.2 Å². The predicted octanol–water partition coefficient (Wildman–Crippen LogP) is 2.56. The molecule has 3 aromatic rings. The van der Waals surface area contributed by atoms with Crippen LogP contribution >= 0.6 is 11.3 Å². The van der Waals surface area contributed by atoms with Crippen LogP contribution in [-0.4, -0.2) is 14.5 Å². The molecule has 2 aromatic heterocycles. The van der Waals surface area contributed by atoms with Gasteiger partial charge in [-0.3, -0.25) is 0 Å². The summed E-state index contributed by atoms with van der Waals surface area (Å²) in [6.45, 7) is 0.689. The van der Waals surface area contributed by atoms with Gasteiger partial charge in [0.15, 0.2) is 5.13 Å². The summed E-state index contributed by atoms with van der Waals surface area (Å²) in [6, 6.07) is 8.08. The van der Waals surface area contributed by atoms with Crippen LogP contribution in [0.25, 0.3) is 11.0 Å². The van der Waals surface area contributed by atoms with Gasteiger partial charge in [-0.05, 0) is 12.1 Å². The SMILES string of the molecule is c1ccc2c(c1)ncn2CNc1nccs1. The molecule has 3 rings (SSSR count). The number of para-hydroxylation sites is 2. The molecule has 5 heteroatoms. The standard InChI is InChI=1S/C11H10N4S/c1-2-4-10-9(3-1)13-7-15(10)8-14-11-12-5-6-16-11/h1-7H,8H2,(H,12,14). The molecule has 0 fully saturated rings. The molecule has 1 aromatic carbocycles. The number of rotatable bonds is 3. The first kappa shape index (κ1) is 9.35. The molecule has 0 spiro atoms. The first-order chi connectivity index (χ1) is 7.93. The quantitative estimate of drug-likeness (QED) is 0.752. The largest absolute Gasteiger partial charge is 0.344 e. The van der Waals surface area contributed by atoms with Gasteiger partial charge in [0, 0.05) is 11.6 Å². The minimum absolute atomic E-state index is 0.689. The molecule has 0 aliphatic rings. The number of nitrogens with one attached hydrogen (secondary N) is 1. The number of thiazole rings is 1. The van der Waals surface area contributed by atoms with Gasteiger partial charge in [-0.2, -0.15) is 0 Å². The molecule has 0 bridgehead atoms. The average Bonchev–Trinajstić information content (AvgIpc) is 2.96. The number of imidazole rings is 1. The predicted molar refractivity (Wildman–Crippen MR) is 65.5 cm³/mol.